The van der Waals surface area contributed by atoms with Gasteiger partial charge < -0.3 is 10.1 Å². The lowest BCUT2D eigenvalue weighted by molar-refractivity contribution is 0.397. The maximum Gasteiger partial charge on any atom is 0.123 e. The molecule has 2 aromatic rings. The van der Waals surface area contributed by atoms with Crippen LogP contribution in [-0.2, 0) is 6.42 Å². The summed E-state index contributed by atoms with van der Waals surface area (Å²) >= 11 is 1.90. The normalized spacial score (nSPS) is 14.0. The fraction of sp³-hybridized carbons (Fsp3) is 0.444. The molecule has 0 bridgehead atoms. The van der Waals surface area contributed by atoms with Crippen LogP contribution in [0, 0.1) is 6.92 Å². The van der Waals surface area contributed by atoms with E-state index in [0.717, 1.165) is 12.2 Å². The number of aryl methyl sites for hydroxylation is 2. The third-order valence-corrected chi connectivity index (χ3v) is 5.22. The molecule has 0 aliphatic carbocycles. The van der Waals surface area contributed by atoms with Gasteiger partial charge in [0.05, 0.1) is 7.11 Å². The molecule has 2 rings (SSSR count). The van der Waals surface area contributed by atoms with Crippen molar-refractivity contribution in [3.8, 4) is 5.75 Å². The van der Waals surface area contributed by atoms with Gasteiger partial charge in [-0.1, -0.05) is 24.6 Å². The molecule has 1 N–H and O–H groups in total. The molecule has 21 heavy (non-hydrogen) atoms. The molecule has 3 heteroatoms. The highest BCUT2D eigenvalue weighted by molar-refractivity contribution is 7.12. The topological polar surface area (TPSA) is 21.3 Å². The van der Waals surface area contributed by atoms with Crippen LogP contribution in [0.1, 0.15) is 53.7 Å². The number of benzene rings is 1. The van der Waals surface area contributed by atoms with Crippen LogP contribution in [0.4, 0.5) is 0 Å². The van der Waals surface area contributed by atoms with Crippen molar-refractivity contribution in [2.75, 3.05) is 7.11 Å². The molecule has 0 fully saturated rings. The molecular formula is C18H25NOS. The zero-order valence-electron chi connectivity index (χ0n) is 13.6. The monoisotopic (exact) mass is 303 g/mol. The second-order valence-electron chi connectivity index (χ2n) is 5.51. The molecular weight excluding hydrogens is 278 g/mol. The van der Waals surface area contributed by atoms with E-state index in [4.69, 9.17) is 4.74 Å². The standard InChI is InChI=1S/C18H25NOS/c1-6-15-8-10-18(21-15)14(4)19-13(3)16-11-12(2)7-9-17(16)20-5/h7-11,13-14,19H,6H2,1-5H3. The quantitative estimate of drug-likeness (QED) is 0.807. The van der Waals surface area contributed by atoms with Crippen molar-refractivity contribution in [2.24, 2.45) is 0 Å². The van der Waals surface area contributed by atoms with Crippen molar-refractivity contribution in [3.05, 3.63) is 51.2 Å². The highest BCUT2D eigenvalue weighted by atomic mass is 32.1. The molecule has 0 aliphatic heterocycles. The Bertz CT molecular complexity index is 591. The van der Waals surface area contributed by atoms with Crippen LogP contribution in [0.3, 0.4) is 0 Å². The Labute approximate surface area is 132 Å². The number of hydrogen-bond donors (Lipinski definition) is 1. The Kier molecular flexibility index (Phi) is 5.43. The third kappa shape index (κ3) is 3.86. The van der Waals surface area contributed by atoms with Gasteiger partial charge in [-0.25, -0.2) is 0 Å². The number of ether oxygens (including phenoxy) is 1. The van der Waals surface area contributed by atoms with Crippen molar-refractivity contribution < 1.29 is 4.74 Å². The molecule has 1 heterocycles. The smallest absolute Gasteiger partial charge is 0.123 e. The largest absolute Gasteiger partial charge is 0.496 e. The molecule has 1 aromatic carbocycles. The maximum absolute atomic E-state index is 5.49. The van der Waals surface area contributed by atoms with Gasteiger partial charge in [0.2, 0.25) is 0 Å². The average Bonchev–Trinajstić information content (AvgIpc) is 2.96. The summed E-state index contributed by atoms with van der Waals surface area (Å²) in [6.07, 6.45) is 1.11. The van der Waals surface area contributed by atoms with Crippen LogP contribution in [0.2, 0.25) is 0 Å². The third-order valence-electron chi connectivity index (χ3n) is 3.81. The minimum Gasteiger partial charge on any atom is -0.496 e. The van der Waals surface area contributed by atoms with E-state index in [0.29, 0.717) is 6.04 Å². The molecule has 0 saturated carbocycles. The van der Waals surface area contributed by atoms with E-state index in [9.17, 15) is 0 Å². The van der Waals surface area contributed by atoms with E-state index in [2.05, 4.69) is 57.3 Å². The minimum atomic E-state index is 0.252. The maximum atomic E-state index is 5.49. The van der Waals surface area contributed by atoms with Crippen LogP contribution in [0.5, 0.6) is 5.75 Å². The predicted octanol–water partition coefficient (Wildman–Crippen LogP) is 5.04. The number of hydrogen-bond acceptors (Lipinski definition) is 3. The summed E-state index contributed by atoms with van der Waals surface area (Å²) in [6.45, 7) is 8.74. The van der Waals surface area contributed by atoms with Crippen molar-refractivity contribution in [2.45, 2.75) is 46.2 Å². The van der Waals surface area contributed by atoms with E-state index >= 15 is 0 Å². The summed E-state index contributed by atoms with van der Waals surface area (Å²) in [7, 11) is 1.73. The lowest BCUT2D eigenvalue weighted by atomic mass is 10.0. The molecule has 1 aromatic heterocycles. The number of rotatable bonds is 6. The SMILES string of the molecule is CCc1ccc(C(C)NC(C)c2cc(C)ccc2OC)s1. The van der Waals surface area contributed by atoms with Crippen LogP contribution in [0.15, 0.2) is 30.3 Å². The highest BCUT2D eigenvalue weighted by Crippen LogP contribution is 2.30. The molecule has 2 atom stereocenters. The van der Waals surface area contributed by atoms with Crippen LogP contribution < -0.4 is 10.1 Å². The number of methoxy groups -OCH3 is 1. The van der Waals surface area contributed by atoms with Gasteiger partial charge in [0.15, 0.2) is 0 Å². The fourth-order valence-corrected chi connectivity index (χ4v) is 3.52. The Balaban J connectivity index is 2.13. The first kappa shape index (κ1) is 16.1. The predicted molar refractivity (Wildman–Crippen MR) is 91.4 cm³/mol. The van der Waals surface area contributed by atoms with Crippen LogP contribution in [0.25, 0.3) is 0 Å². The van der Waals surface area contributed by atoms with Gasteiger partial charge in [0.1, 0.15) is 5.75 Å². The highest BCUT2D eigenvalue weighted by Gasteiger charge is 2.16. The van der Waals surface area contributed by atoms with Crippen molar-refractivity contribution in [3.63, 3.8) is 0 Å². The molecule has 0 radical (unpaired) electrons. The molecule has 0 saturated heterocycles. The Hall–Kier alpha value is -1.32. The van der Waals surface area contributed by atoms with Crippen molar-refractivity contribution in [1.29, 1.82) is 0 Å². The van der Waals surface area contributed by atoms with Gasteiger partial charge in [0.25, 0.3) is 0 Å². The minimum absolute atomic E-state index is 0.252. The van der Waals surface area contributed by atoms with Gasteiger partial charge in [-0.3, -0.25) is 0 Å². The summed E-state index contributed by atoms with van der Waals surface area (Å²) in [4.78, 5) is 2.84. The lowest BCUT2D eigenvalue weighted by Gasteiger charge is -2.22. The summed E-state index contributed by atoms with van der Waals surface area (Å²) in [5, 5.41) is 3.68. The Morgan fingerprint density at radius 3 is 2.52 bits per heavy atom. The molecule has 2 nitrogen and oxygen atoms in total. The van der Waals surface area contributed by atoms with Gasteiger partial charge >= 0.3 is 0 Å². The average molecular weight is 303 g/mol. The first-order valence-corrected chi connectivity index (χ1v) is 8.36. The molecule has 2 unspecified atom stereocenters. The lowest BCUT2D eigenvalue weighted by Crippen LogP contribution is -2.22. The zero-order valence-corrected chi connectivity index (χ0v) is 14.4. The Morgan fingerprint density at radius 1 is 1.14 bits per heavy atom. The molecule has 0 spiro atoms. The summed E-state index contributed by atoms with van der Waals surface area (Å²) in [5.74, 6) is 0.952. The summed E-state index contributed by atoms with van der Waals surface area (Å²) in [5.41, 5.74) is 2.48. The van der Waals surface area contributed by atoms with Gasteiger partial charge in [-0.2, -0.15) is 0 Å². The van der Waals surface area contributed by atoms with Gasteiger partial charge in [0, 0.05) is 27.4 Å². The van der Waals surface area contributed by atoms with E-state index in [1.165, 1.54) is 20.9 Å². The molecule has 0 amide bonds. The van der Waals surface area contributed by atoms with E-state index in [1.54, 1.807) is 7.11 Å². The summed E-state index contributed by atoms with van der Waals surface area (Å²) in [6, 6.07) is 11.4. The second-order valence-corrected chi connectivity index (χ2v) is 6.71. The van der Waals surface area contributed by atoms with E-state index in [1.807, 2.05) is 17.4 Å². The summed E-state index contributed by atoms with van der Waals surface area (Å²) < 4.78 is 5.49. The Morgan fingerprint density at radius 2 is 1.90 bits per heavy atom. The van der Waals surface area contributed by atoms with Gasteiger partial charge in [-0.05, 0) is 45.4 Å². The van der Waals surface area contributed by atoms with Crippen molar-refractivity contribution in [1.82, 2.24) is 5.32 Å². The molecule has 114 valence electrons. The van der Waals surface area contributed by atoms with E-state index in [-0.39, 0.29) is 6.04 Å². The second kappa shape index (κ2) is 7.10. The van der Waals surface area contributed by atoms with E-state index < -0.39 is 0 Å². The molecule has 0 aliphatic rings. The first-order valence-electron chi connectivity index (χ1n) is 7.54. The fourth-order valence-electron chi connectivity index (χ4n) is 2.56. The number of nitrogens with one attached hydrogen (secondary N) is 1. The zero-order chi connectivity index (χ0) is 15.4. The van der Waals surface area contributed by atoms with Crippen LogP contribution >= 0.6 is 11.3 Å². The van der Waals surface area contributed by atoms with Crippen LogP contribution in [-0.4, -0.2) is 7.11 Å². The first-order chi connectivity index (χ1) is 10.0. The van der Waals surface area contributed by atoms with Gasteiger partial charge in [-0.15, -0.1) is 11.3 Å². The number of thiophene rings is 1. The van der Waals surface area contributed by atoms with Crippen molar-refractivity contribution >= 4 is 11.3 Å².